The van der Waals surface area contributed by atoms with E-state index in [4.69, 9.17) is 4.74 Å². The minimum atomic E-state index is -4.06. The number of anilines is 1. The highest BCUT2D eigenvalue weighted by Gasteiger charge is 2.31. The summed E-state index contributed by atoms with van der Waals surface area (Å²) in [4.78, 5) is 23.9. The number of amides is 1. The number of hydrogen-bond donors (Lipinski definition) is 3. The summed E-state index contributed by atoms with van der Waals surface area (Å²) in [5.41, 5.74) is 0.877. The molecule has 1 atom stereocenters. The Morgan fingerprint density at radius 3 is 2.50 bits per heavy atom. The Bertz CT molecular complexity index is 1400. The first-order chi connectivity index (χ1) is 17.1. The summed E-state index contributed by atoms with van der Waals surface area (Å²) in [5, 5.41) is 16.6. The number of para-hydroxylation sites is 1. The molecule has 190 valence electrons. The van der Waals surface area contributed by atoms with Crippen molar-refractivity contribution in [2.24, 2.45) is 5.92 Å². The van der Waals surface area contributed by atoms with Crippen molar-refractivity contribution in [3.8, 4) is 17.3 Å². The molecule has 0 aliphatic heterocycles. The van der Waals surface area contributed by atoms with Crippen LogP contribution in [0.25, 0.3) is 5.69 Å². The van der Waals surface area contributed by atoms with Crippen LogP contribution in [0.15, 0.2) is 53.4 Å². The minimum Gasteiger partial charge on any atom is -0.476 e. The van der Waals surface area contributed by atoms with E-state index in [1.54, 1.807) is 50.2 Å². The zero-order valence-electron chi connectivity index (χ0n) is 20.2. The molecule has 1 fully saturated rings. The number of nitrogens with zero attached hydrogens (tertiary/aromatic N) is 2. The van der Waals surface area contributed by atoms with Crippen molar-refractivity contribution >= 4 is 27.6 Å². The van der Waals surface area contributed by atoms with Crippen LogP contribution >= 0.6 is 0 Å². The summed E-state index contributed by atoms with van der Waals surface area (Å²) in [6, 6.07) is 12.8. The van der Waals surface area contributed by atoms with Crippen molar-refractivity contribution < 1.29 is 27.9 Å². The van der Waals surface area contributed by atoms with Crippen LogP contribution in [0, 0.1) is 12.8 Å². The quantitative estimate of drug-likeness (QED) is 0.372. The standard InChI is InChI=1S/C25H28N4O6S/c1-4-15(2)28-36(33,34)21-14-18(26-23(30)17-10-11-17)12-13-20(21)35-24-16(3)22(25(31)32)27-29(24)19-8-6-5-7-9-19/h5-9,12-15,17,28H,4,10-11H2,1-3H3,(H,26,30)(H,31,32)/t15-/m0/s1. The molecule has 0 unspecified atom stereocenters. The van der Waals surface area contributed by atoms with E-state index >= 15 is 0 Å². The average Bonchev–Trinajstić information content (AvgIpc) is 3.65. The largest absolute Gasteiger partial charge is 0.476 e. The molecule has 36 heavy (non-hydrogen) atoms. The molecular weight excluding hydrogens is 484 g/mol. The number of sulfonamides is 1. The third kappa shape index (κ3) is 5.42. The van der Waals surface area contributed by atoms with Gasteiger partial charge in [0.25, 0.3) is 0 Å². The smallest absolute Gasteiger partial charge is 0.356 e. The topological polar surface area (TPSA) is 140 Å². The lowest BCUT2D eigenvalue weighted by molar-refractivity contribution is -0.117. The van der Waals surface area contributed by atoms with E-state index < -0.39 is 16.0 Å². The molecule has 1 amide bonds. The van der Waals surface area contributed by atoms with Gasteiger partial charge in [-0.2, -0.15) is 9.78 Å². The fourth-order valence-electron chi connectivity index (χ4n) is 3.53. The summed E-state index contributed by atoms with van der Waals surface area (Å²) in [7, 11) is -4.06. The fraction of sp³-hybridized carbons (Fsp3) is 0.320. The van der Waals surface area contributed by atoms with Crippen molar-refractivity contribution in [1.29, 1.82) is 0 Å². The van der Waals surface area contributed by atoms with Gasteiger partial charge in [0.15, 0.2) is 5.69 Å². The van der Waals surface area contributed by atoms with Crippen LogP contribution in [-0.4, -0.2) is 41.2 Å². The number of benzene rings is 2. The van der Waals surface area contributed by atoms with Gasteiger partial charge >= 0.3 is 5.97 Å². The molecule has 10 nitrogen and oxygen atoms in total. The van der Waals surface area contributed by atoms with Crippen molar-refractivity contribution in [2.45, 2.75) is 51.0 Å². The summed E-state index contributed by atoms with van der Waals surface area (Å²) < 4.78 is 36.7. The Morgan fingerprint density at radius 1 is 1.19 bits per heavy atom. The maximum absolute atomic E-state index is 13.3. The fourth-order valence-corrected chi connectivity index (χ4v) is 5.01. The van der Waals surface area contributed by atoms with Gasteiger partial charge < -0.3 is 15.2 Å². The normalized spacial score (nSPS) is 14.3. The molecule has 11 heteroatoms. The number of carbonyl (C=O) groups excluding carboxylic acids is 1. The predicted octanol–water partition coefficient (Wildman–Crippen LogP) is 4.10. The Morgan fingerprint density at radius 2 is 1.89 bits per heavy atom. The number of aromatic nitrogens is 2. The lowest BCUT2D eigenvalue weighted by Crippen LogP contribution is -2.32. The molecule has 2 aromatic carbocycles. The van der Waals surface area contributed by atoms with E-state index in [1.165, 1.54) is 16.8 Å². The SMILES string of the molecule is CC[C@H](C)NS(=O)(=O)c1cc(NC(=O)C2CC2)ccc1Oc1c(C)c(C(=O)O)nn1-c1ccccc1. The van der Waals surface area contributed by atoms with Gasteiger partial charge in [0.05, 0.1) is 5.69 Å². The van der Waals surface area contributed by atoms with E-state index in [2.05, 4.69) is 15.1 Å². The lowest BCUT2D eigenvalue weighted by Gasteiger charge is -2.17. The molecule has 0 bridgehead atoms. The molecule has 1 aromatic heterocycles. The van der Waals surface area contributed by atoms with Crippen molar-refractivity contribution in [2.75, 3.05) is 5.32 Å². The Kier molecular flexibility index (Phi) is 7.14. The highest BCUT2D eigenvalue weighted by molar-refractivity contribution is 7.89. The maximum Gasteiger partial charge on any atom is 0.356 e. The van der Waals surface area contributed by atoms with Crippen LogP contribution < -0.4 is 14.8 Å². The molecule has 0 spiro atoms. The summed E-state index contributed by atoms with van der Waals surface area (Å²) >= 11 is 0. The molecular formula is C25H28N4O6S. The highest BCUT2D eigenvalue weighted by atomic mass is 32.2. The van der Waals surface area contributed by atoms with Gasteiger partial charge in [0.2, 0.25) is 21.8 Å². The van der Waals surface area contributed by atoms with Gasteiger partial charge in [-0.05, 0) is 63.4 Å². The van der Waals surface area contributed by atoms with E-state index in [0.717, 1.165) is 12.8 Å². The van der Waals surface area contributed by atoms with E-state index in [-0.39, 0.29) is 45.6 Å². The second kappa shape index (κ2) is 10.1. The molecule has 3 aromatic rings. The number of carboxylic acids is 1. The van der Waals surface area contributed by atoms with Gasteiger partial charge in [0.1, 0.15) is 10.6 Å². The van der Waals surface area contributed by atoms with E-state index in [1.807, 2.05) is 6.92 Å². The van der Waals surface area contributed by atoms with Crippen LogP contribution in [0.2, 0.25) is 0 Å². The molecule has 3 N–H and O–H groups in total. The summed E-state index contributed by atoms with van der Waals surface area (Å²) in [6.07, 6.45) is 2.18. The Hall–Kier alpha value is -3.70. The number of carboxylic acid groups (broad SMARTS) is 1. The number of hydrogen-bond acceptors (Lipinski definition) is 6. The second-order valence-corrected chi connectivity index (χ2v) is 10.5. The first-order valence-corrected chi connectivity index (χ1v) is 13.1. The minimum absolute atomic E-state index is 0.0349. The van der Waals surface area contributed by atoms with Gasteiger partial charge in [-0.1, -0.05) is 25.1 Å². The van der Waals surface area contributed by atoms with Crippen LogP contribution in [0.3, 0.4) is 0 Å². The van der Waals surface area contributed by atoms with Crippen LogP contribution in [-0.2, 0) is 14.8 Å². The summed E-state index contributed by atoms with van der Waals surface area (Å²) in [5.74, 6) is -1.43. The number of aromatic carboxylic acids is 1. The molecule has 1 heterocycles. The number of nitrogens with one attached hydrogen (secondary N) is 2. The number of ether oxygens (including phenoxy) is 1. The monoisotopic (exact) mass is 512 g/mol. The van der Waals surface area contributed by atoms with Gasteiger partial charge in [-0.25, -0.2) is 17.9 Å². The molecule has 1 aliphatic carbocycles. The van der Waals surface area contributed by atoms with Gasteiger partial charge in [-0.15, -0.1) is 0 Å². The molecule has 4 rings (SSSR count). The maximum atomic E-state index is 13.3. The Balaban J connectivity index is 1.81. The average molecular weight is 513 g/mol. The van der Waals surface area contributed by atoms with Crippen LogP contribution in [0.1, 0.15) is 49.2 Å². The second-order valence-electron chi connectivity index (χ2n) is 8.79. The lowest BCUT2D eigenvalue weighted by atomic mass is 10.2. The highest BCUT2D eigenvalue weighted by Crippen LogP contribution is 2.36. The Labute approximate surface area is 209 Å². The zero-order chi connectivity index (χ0) is 26.0. The number of rotatable bonds is 10. The van der Waals surface area contributed by atoms with Gasteiger partial charge in [0, 0.05) is 23.2 Å². The molecule has 0 radical (unpaired) electrons. The van der Waals surface area contributed by atoms with Crippen molar-refractivity contribution in [3.63, 3.8) is 0 Å². The summed E-state index contributed by atoms with van der Waals surface area (Å²) in [6.45, 7) is 5.14. The predicted molar refractivity (Wildman–Crippen MR) is 133 cm³/mol. The van der Waals surface area contributed by atoms with Gasteiger partial charge in [-0.3, -0.25) is 4.79 Å². The van der Waals surface area contributed by atoms with Crippen molar-refractivity contribution in [1.82, 2.24) is 14.5 Å². The van der Waals surface area contributed by atoms with Crippen LogP contribution in [0.4, 0.5) is 5.69 Å². The first kappa shape index (κ1) is 25.4. The van der Waals surface area contributed by atoms with E-state index in [0.29, 0.717) is 17.8 Å². The van der Waals surface area contributed by atoms with Crippen molar-refractivity contribution in [3.05, 3.63) is 59.8 Å². The third-order valence-corrected chi connectivity index (χ3v) is 7.51. The molecule has 1 aliphatic rings. The zero-order valence-corrected chi connectivity index (χ0v) is 21.0. The van der Waals surface area contributed by atoms with Crippen LogP contribution in [0.5, 0.6) is 11.6 Å². The molecule has 1 saturated carbocycles. The molecule has 0 saturated heterocycles. The van der Waals surface area contributed by atoms with E-state index in [9.17, 15) is 23.1 Å². The number of carbonyl (C=O) groups is 2. The first-order valence-electron chi connectivity index (χ1n) is 11.6. The third-order valence-electron chi connectivity index (χ3n) is 5.90.